The number of piperidine rings is 1. The standard InChI is InChI=1S/C24H31ClFN3OS/c1-23(2)13-18(14-24(3,4)28-23)29(15-16-8-6-7-9-19(16)26)22(31)27-20-12-17(25)10-11-21(20)30-5/h6-12,18,28H,13-15H2,1-5H3,(H,27,31). The van der Waals surface area contributed by atoms with Gasteiger partial charge in [0.1, 0.15) is 11.6 Å². The molecule has 1 heterocycles. The van der Waals surface area contributed by atoms with E-state index in [1.807, 2.05) is 12.1 Å². The fraction of sp³-hybridized carbons (Fsp3) is 0.458. The number of ether oxygens (including phenoxy) is 1. The minimum atomic E-state index is -0.233. The highest BCUT2D eigenvalue weighted by Crippen LogP contribution is 2.34. The van der Waals surface area contributed by atoms with Crippen LogP contribution in [-0.2, 0) is 6.54 Å². The van der Waals surface area contributed by atoms with Gasteiger partial charge < -0.3 is 20.3 Å². The number of thiocarbonyl (C=S) groups is 1. The SMILES string of the molecule is COc1ccc(Cl)cc1NC(=S)N(Cc1ccccc1F)C1CC(C)(C)NC(C)(C)C1. The minimum Gasteiger partial charge on any atom is -0.495 e. The highest BCUT2D eigenvalue weighted by molar-refractivity contribution is 7.80. The second-order valence-electron chi connectivity index (χ2n) is 9.45. The van der Waals surface area contributed by atoms with Crippen molar-refractivity contribution in [3.8, 4) is 5.75 Å². The van der Waals surface area contributed by atoms with Crippen LogP contribution in [0.15, 0.2) is 42.5 Å². The van der Waals surface area contributed by atoms with E-state index in [0.717, 1.165) is 12.8 Å². The number of hydrogen-bond acceptors (Lipinski definition) is 3. The first-order valence-corrected chi connectivity index (χ1v) is 11.2. The lowest BCUT2D eigenvalue weighted by Gasteiger charge is -2.50. The van der Waals surface area contributed by atoms with Gasteiger partial charge in [0.2, 0.25) is 0 Å². The normalized spacial score (nSPS) is 17.8. The van der Waals surface area contributed by atoms with Gasteiger partial charge in [-0.3, -0.25) is 0 Å². The summed E-state index contributed by atoms with van der Waals surface area (Å²) in [5.74, 6) is 0.409. The monoisotopic (exact) mass is 463 g/mol. The maximum atomic E-state index is 14.5. The zero-order chi connectivity index (χ0) is 22.8. The molecule has 3 rings (SSSR count). The summed E-state index contributed by atoms with van der Waals surface area (Å²) in [5, 5.41) is 8.10. The number of rotatable bonds is 5. The van der Waals surface area contributed by atoms with Crippen LogP contribution in [0.2, 0.25) is 5.02 Å². The van der Waals surface area contributed by atoms with Gasteiger partial charge in [-0.25, -0.2) is 4.39 Å². The number of nitrogens with one attached hydrogen (secondary N) is 2. The van der Waals surface area contributed by atoms with Crippen LogP contribution >= 0.6 is 23.8 Å². The molecule has 0 saturated carbocycles. The minimum absolute atomic E-state index is 0.0801. The van der Waals surface area contributed by atoms with E-state index in [0.29, 0.717) is 33.7 Å². The van der Waals surface area contributed by atoms with Gasteiger partial charge in [0, 0.05) is 34.3 Å². The summed E-state index contributed by atoms with van der Waals surface area (Å²) in [5.41, 5.74) is 1.14. The van der Waals surface area contributed by atoms with E-state index in [4.69, 9.17) is 28.6 Å². The van der Waals surface area contributed by atoms with Crippen LogP contribution in [0.1, 0.15) is 46.1 Å². The van der Waals surface area contributed by atoms with Crippen LogP contribution in [0, 0.1) is 5.82 Å². The molecule has 168 valence electrons. The summed E-state index contributed by atoms with van der Waals surface area (Å²) in [4.78, 5) is 2.10. The van der Waals surface area contributed by atoms with Crippen LogP contribution in [0.5, 0.6) is 5.75 Å². The lowest BCUT2D eigenvalue weighted by atomic mass is 9.79. The molecule has 0 unspecified atom stereocenters. The Bertz CT molecular complexity index is 934. The largest absolute Gasteiger partial charge is 0.495 e. The highest BCUT2D eigenvalue weighted by Gasteiger charge is 2.40. The first-order chi connectivity index (χ1) is 14.5. The molecule has 1 saturated heterocycles. The molecule has 31 heavy (non-hydrogen) atoms. The molecule has 2 N–H and O–H groups in total. The lowest BCUT2D eigenvalue weighted by molar-refractivity contribution is 0.101. The van der Waals surface area contributed by atoms with Crippen molar-refractivity contribution in [1.29, 1.82) is 0 Å². The maximum Gasteiger partial charge on any atom is 0.174 e. The average molecular weight is 464 g/mol. The predicted octanol–water partition coefficient (Wildman–Crippen LogP) is 6.00. The Kier molecular flexibility index (Phi) is 7.14. The number of methoxy groups -OCH3 is 1. The fourth-order valence-corrected chi connectivity index (χ4v) is 5.13. The number of hydrogen-bond donors (Lipinski definition) is 2. The van der Waals surface area contributed by atoms with Crippen molar-refractivity contribution >= 4 is 34.6 Å². The molecule has 1 aliphatic rings. The van der Waals surface area contributed by atoms with E-state index in [9.17, 15) is 4.39 Å². The van der Waals surface area contributed by atoms with Crippen molar-refractivity contribution in [2.45, 2.75) is 64.2 Å². The van der Waals surface area contributed by atoms with Crippen LogP contribution < -0.4 is 15.4 Å². The van der Waals surface area contributed by atoms with Crippen LogP contribution in [0.3, 0.4) is 0 Å². The van der Waals surface area contributed by atoms with E-state index < -0.39 is 0 Å². The second kappa shape index (κ2) is 9.31. The van der Waals surface area contributed by atoms with Crippen molar-refractivity contribution in [3.63, 3.8) is 0 Å². The van der Waals surface area contributed by atoms with Crippen LogP contribution in [0.4, 0.5) is 10.1 Å². The molecule has 2 aromatic carbocycles. The number of nitrogens with zero attached hydrogens (tertiary/aromatic N) is 1. The molecule has 4 nitrogen and oxygen atoms in total. The Balaban J connectivity index is 1.94. The van der Waals surface area contributed by atoms with Crippen molar-refractivity contribution in [1.82, 2.24) is 10.2 Å². The smallest absolute Gasteiger partial charge is 0.174 e. The van der Waals surface area contributed by atoms with E-state index in [-0.39, 0.29) is 22.9 Å². The third kappa shape index (κ3) is 6.09. The Hall–Kier alpha value is -1.89. The average Bonchev–Trinajstić information content (AvgIpc) is 2.65. The summed E-state index contributed by atoms with van der Waals surface area (Å²) < 4.78 is 20.0. The van der Waals surface area contributed by atoms with Gasteiger partial charge in [-0.2, -0.15) is 0 Å². The Morgan fingerprint density at radius 2 is 1.84 bits per heavy atom. The molecule has 1 fully saturated rings. The summed E-state index contributed by atoms with van der Waals surface area (Å²) in [7, 11) is 1.60. The van der Waals surface area contributed by atoms with Gasteiger partial charge in [-0.05, 0) is 77.0 Å². The molecule has 0 radical (unpaired) electrons. The van der Waals surface area contributed by atoms with Gasteiger partial charge in [0.05, 0.1) is 12.8 Å². The van der Waals surface area contributed by atoms with E-state index >= 15 is 0 Å². The number of anilines is 1. The fourth-order valence-electron chi connectivity index (χ4n) is 4.63. The third-order valence-electron chi connectivity index (χ3n) is 5.57. The Morgan fingerprint density at radius 1 is 1.19 bits per heavy atom. The van der Waals surface area contributed by atoms with E-state index in [1.165, 1.54) is 6.07 Å². The van der Waals surface area contributed by atoms with Gasteiger partial charge in [0.25, 0.3) is 0 Å². The maximum absolute atomic E-state index is 14.5. The molecular formula is C24H31ClFN3OS. The second-order valence-corrected chi connectivity index (χ2v) is 10.3. The first kappa shape index (κ1) is 23.8. The zero-order valence-electron chi connectivity index (χ0n) is 18.8. The van der Waals surface area contributed by atoms with E-state index in [1.54, 1.807) is 31.4 Å². The van der Waals surface area contributed by atoms with Crippen molar-refractivity contribution in [3.05, 3.63) is 58.9 Å². The highest BCUT2D eigenvalue weighted by atomic mass is 35.5. The Labute approximate surface area is 195 Å². The molecule has 2 aromatic rings. The third-order valence-corrected chi connectivity index (χ3v) is 6.14. The van der Waals surface area contributed by atoms with Crippen molar-refractivity contribution in [2.24, 2.45) is 0 Å². The summed E-state index contributed by atoms with van der Waals surface area (Å²) in [6, 6.07) is 12.3. The Morgan fingerprint density at radius 3 is 2.45 bits per heavy atom. The van der Waals surface area contributed by atoms with Gasteiger partial charge in [-0.15, -0.1) is 0 Å². The van der Waals surface area contributed by atoms with Crippen molar-refractivity contribution < 1.29 is 9.13 Å². The van der Waals surface area contributed by atoms with Crippen LogP contribution in [-0.4, -0.2) is 34.2 Å². The molecule has 0 bridgehead atoms. The molecule has 0 spiro atoms. The van der Waals surface area contributed by atoms with Gasteiger partial charge >= 0.3 is 0 Å². The molecule has 1 aliphatic heterocycles. The van der Waals surface area contributed by atoms with Gasteiger partial charge in [-0.1, -0.05) is 29.8 Å². The van der Waals surface area contributed by atoms with Crippen LogP contribution in [0.25, 0.3) is 0 Å². The summed E-state index contributed by atoms with van der Waals surface area (Å²) >= 11 is 12.1. The quantitative estimate of drug-likeness (QED) is 0.532. The molecule has 0 atom stereocenters. The molecule has 0 amide bonds. The summed E-state index contributed by atoms with van der Waals surface area (Å²) in [6.07, 6.45) is 1.75. The molecular weight excluding hydrogens is 433 g/mol. The topological polar surface area (TPSA) is 36.5 Å². The molecule has 7 heteroatoms. The van der Waals surface area contributed by atoms with E-state index in [2.05, 4.69) is 43.2 Å². The number of benzene rings is 2. The number of halogens is 2. The predicted molar refractivity (Wildman–Crippen MR) is 130 cm³/mol. The zero-order valence-corrected chi connectivity index (χ0v) is 20.3. The first-order valence-electron chi connectivity index (χ1n) is 10.4. The molecule has 0 aliphatic carbocycles. The summed E-state index contributed by atoms with van der Waals surface area (Å²) in [6.45, 7) is 9.15. The van der Waals surface area contributed by atoms with Gasteiger partial charge in [0.15, 0.2) is 5.11 Å². The molecule has 0 aromatic heterocycles. The van der Waals surface area contributed by atoms with Crippen molar-refractivity contribution in [2.75, 3.05) is 12.4 Å². The lowest BCUT2D eigenvalue weighted by Crippen LogP contribution is -2.63.